The molecule has 2 N–H and O–H groups in total. The Balaban J connectivity index is 1.90. The molecule has 0 bridgehead atoms. The van der Waals surface area contributed by atoms with Crippen molar-refractivity contribution in [2.45, 2.75) is 19.0 Å². The summed E-state index contributed by atoms with van der Waals surface area (Å²) >= 11 is 0. The number of amides is 1. The molecule has 2 heterocycles. The molecule has 1 saturated heterocycles. The monoisotopic (exact) mass is 308 g/mol. The number of aromatic amines is 1. The van der Waals surface area contributed by atoms with Gasteiger partial charge in [-0.3, -0.25) is 4.79 Å². The standard InChI is InChI=1S/C15H14F2N2O3/c1-8-4-9(16)5-11-10(8)6-12(18-11)13(20)19-3-2-15(17,7-19)14(21)22/h4-6,18H,2-3,7H2,1H3,(H,21,22). The van der Waals surface area contributed by atoms with Crippen molar-refractivity contribution in [2.24, 2.45) is 0 Å². The van der Waals surface area contributed by atoms with Crippen molar-refractivity contribution < 1.29 is 23.5 Å². The maximum Gasteiger partial charge on any atom is 0.343 e. The number of aliphatic carboxylic acids is 1. The van der Waals surface area contributed by atoms with E-state index in [0.29, 0.717) is 16.5 Å². The number of H-pyrrole nitrogens is 1. The minimum Gasteiger partial charge on any atom is -0.479 e. The zero-order chi connectivity index (χ0) is 16.1. The fourth-order valence-corrected chi connectivity index (χ4v) is 2.78. The topological polar surface area (TPSA) is 73.4 Å². The van der Waals surface area contributed by atoms with E-state index in [1.54, 1.807) is 13.0 Å². The van der Waals surface area contributed by atoms with Crippen LogP contribution in [0.4, 0.5) is 8.78 Å². The van der Waals surface area contributed by atoms with Gasteiger partial charge in [0.2, 0.25) is 5.67 Å². The lowest BCUT2D eigenvalue weighted by molar-refractivity contribution is -0.149. The predicted octanol–water partition coefficient (Wildman–Crippen LogP) is 2.25. The van der Waals surface area contributed by atoms with Gasteiger partial charge in [-0.15, -0.1) is 0 Å². The van der Waals surface area contributed by atoms with Crippen molar-refractivity contribution in [3.63, 3.8) is 0 Å². The quantitative estimate of drug-likeness (QED) is 0.893. The van der Waals surface area contributed by atoms with Crippen LogP contribution in [0.25, 0.3) is 10.9 Å². The number of likely N-dealkylation sites (tertiary alicyclic amines) is 1. The third kappa shape index (κ3) is 2.22. The summed E-state index contributed by atoms with van der Waals surface area (Å²) in [6.45, 7) is 1.27. The van der Waals surface area contributed by atoms with Crippen LogP contribution in [0.5, 0.6) is 0 Å². The van der Waals surface area contributed by atoms with Crippen LogP contribution >= 0.6 is 0 Å². The van der Waals surface area contributed by atoms with E-state index in [9.17, 15) is 18.4 Å². The van der Waals surface area contributed by atoms with Crippen LogP contribution in [0.1, 0.15) is 22.5 Å². The third-order valence-electron chi connectivity index (χ3n) is 4.03. The van der Waals surface area contributed by atoms with Crippen LogP contribution in [-0.2, 0) is 4.79 Å². The second-order valence-corrected chi connectivity index (χ2v) is 5.61. The first-order chi connectivity index (χ1) is 10.3. The molecule has 1 atom stereocenters. The lowest BCUT2D eigenvalue weighted by Gasteiger charge is -2.16. The van der Waals surface area contributed by atoms with E-state index in [0.717, 1.165) is 4.90 Å². The zero-order valence-electron chi connectivity index (χ0n) is 11.8. The van der Waals surface area contributed by atoms with Gasteiger partial charge in [-0.1, -0.05) is 0 Å². The second-order valence-electron chi connectivity index (χ2n) is 5.61. The largest absolute Gasteiger partial charge is 0.479 e. The molecule has 3 rings (SSSR count). The van der Waals surface area contributed by atoms with E-state index >= 15 is 0 Å². The van der Waals surface area contributed by atoms with Crippen molar-refractivity contribution in [1.82, 2.24) is 9.88 Å². The summed E-state index contributed by atoms with van der Waals surface area (Å²) < 4.78 is 27.4. The van der Waals surface area contributed by atoms with Crippen molar-refractivity contribution in [3.8, 4) is 0 Å². The minimum absolute atomic E-state index is 0.0321. The number of fused-ring (bicyclic) bond motifs is 1. The van der Waals surface area contributed by atoms with Crippen molar-refractivity contribution in [2.75, 3.05) is 13.1 Å². The number of alkyl halides is 1. The van der Waals surface area contributed by atoms with Crippen LogP contribution in [-0.4, -0.2) is 45.6 Å². The number of benzene rings is 1. The first kappa shape index (κ1) is 14.5. The van der Waals surface area contributed by atoms with Gasteiger partial charge in [0.25, 0.3) is 5.91 Å². The average Bonchev–Trinajstić information content (AvgIpc) is 3.03. The zero-order valence-corrected chi connectivity index (χ0v) is 11.8. The highest BCUT2D eigenvalue weighted by Gasteiger charge is 2.47. The summed E-state index contributed by atoms with van der Waals surface area (Å²) in [6, 6.07) is 4.21. The molecular formula is C15H14F2N2O3. The molecular weight excluding hydrogens is 294 g/mol. The molecule has 0 saturated carbocycles. The van der Waals surface area contributed by atoms with Crippen molar-refractivity contribution >= 4 is 22.8 Å². The maximum atomic E-state index is 14.0. The Morgan fingerprint density at radius 1 is 1.36 bits per heavy atom. The average molecular weight is 308 g/mol. The van der Waals surface area contributed by atoms with E-state index in [4.69, 9.17) is 5.11 Å². The van der Waals surface area contributed by atoms with Gasteiger partial charge < -0.3 is 15.0 Å². The molecule has 1 aliphatic heterocycles. The minimum atomic E-state index is -2.40. The molecule has 5 nitrogen and oxygen atoms in total. The van der Waals surface area contributed by atoms with Gasteiger partial charge in [-0.25, -0.2) is 13.6 Å². The van der Waals surface area contributed by atoms with Crippen molar-refractivity contribution in [1.29, 1.82) is 0 Å². The highest BCUT2D eigenvalue weighted by atomic mass is 19.1. The Kier molecular flexibility index (Phi) is 3.16. The number of carboxylic acids is 1. The SMILES string of the molecule is Cc1cc(F)cc2[nH]c(C(=O)N3CCC(F)(C(=O)O)C3)cc12. The number of nitrogens with zero attached hydrogens (tertiary/aromatic N) is 1. The van der Waals surface area contributed by atoms with Gasteiger partial charge in [0.05, 0.1) is 6.54 Å². The molecule has 116 valence electrons. The fraction of sp³-hybridized carbons (Fsp3) is 0.333. The van der Waals surface area contributed by atoms with Crippen LogP contribution < -0.4 is 0 Å². The molecule has 0 spiro atoms. The van der Waals surface area contributed by atoms with Crippen LogP contribution in [0, 0.1) is 12.7 Å². The molecule has 7 heteroatoms. The molecule has 2 aromatic rings. The molecule has 1 aliphatic rings. The Morgan fingerprint density at radius 3 is 2.73 bits per heavy atom. The fourth-order valence-electron chi connectivity index (χ4n) is 2.78. The number of nitrogens with one attached hydrogen (secondary N) is 1. The number of carbonyl (C=O) groups excluding carboxylic acids is 1. The summed E-state index contributed by atoms with van der Waals surface area (Å²) in [5, 5.41) is 9.56. The molecule has 0 aliphatic carbocycles. The van der Waals surface area contributed by atoms with E-state index in [1.165, 1.54) is 12.1 Å². The summed E-state index contributed by atoms with van der Waals surface area (Å²) in [4.78, 5) is 27.2. The van der Waals surface area contributed by atoms with E-state index < -0.39 is 29.9 Å². The number of carboxylic acid groups (broad SMARTS) is 1. The normalized spacial score (nSPS) is 21.5. The molecule has 1 amide bonds. The third-order valence-corrected chi connectivity index (χ3v) is 4.03. The van der Waals surface area contributed by atoms with Gasteiger partial charge in [0.15, 0.2) is 0 Å². The van der Waals surface area contributed by atoms with Crippen molar-refractivity contribution in [3.05, 3.63) is 35.3 Å². The Hall–Kier alpha value is -2.44. The molecule has 1 aromatic carbocycles. The van der Waals surface area contributed by atoms with Gasteiger partial charge in [0, 0.05) is 23.9 Å². The first-order valence-electron chi connectivity index (χ1n) is 6.81. The Morgan fingerprint density at radius 2 is 2.09 bits per heavy atom. The Bertz CT molecular complexity index is 786. The van der Waals surface area contributed by atoms with Crippen LogP contribution in [0.3, 0.4) is 0 Å². The van der Waals surface area contributed by atoms with E-state index in [-0.39, 0.29) is 18.7 Å². The molecule has 0 radical (unpaired) electrons. The summed E-state index contributed by atoms with van der Waals surface area (Å²) in [5.74, 6) is -2.46. The Labute approximate surface area is 124 Å². The number of halogens is 2. The number of rotatable bonds is 2. The molecule has 1 aromatic heterocycles. The maximum absolute atomic E-state index is 14.0. The predicted molar refractivity (Wildman–Crippen MR) is 75.0 cm³/mol. The van der Waals surface area contributed by atoms with Gasteiger partial charge in [-0.05, 0) is 30.7 Å². The van der Waals surface area contributed by atoms with Gasteiger partial charge >= 0.3 is 5.97 Å². The highest BCUT2D eigenvalue weighted by molar-refractivity contribution is 5.99. The number of aryl methyl sites for hydroxylation is 1. The number of carbonyl (C=O) groups is 2. The highest BCUT2D eigenvalue weighted by Crippen LogP contribution is 2.28. The molecule has 1 unspecified atom stereocenters. The lowest BCUT2D eigenvalue weighted by atomic mass is 10.1. The van der Waals surface area contributed by atoms with E-state index in [2.05, 4.69) is 4.98 Å². The molecule has 22 heavy (non-hydrogen) atoms. The van der Waals surface area contributed by atoms with E-state index in [1.807, 2.05) is 0 Å². The lowest BCUT2D eigenvalue weighted by Crippen LogP contribution is -2.39. The van der Waals surface area contributed by atoms with Gasteiger partial charge in [0.1, 0.15) is 11.5 Å². The second kappa shape index (κ2) is 4.79. The van der Waals surface area contributed by atoms with Crippen LogP contribution in [0.2, 0.25) is 0 Å². The number of hydrogen-bond donors (Lipinski definition) is 2. The number of aromatic nitrogens is 1. The summed E-state index contributed by atoms with van der Waals surface area (Å²) in [6.07, 6.45) is -0.234. The first-order valence-corrected chi connectivity index (χ1v) is 6.81. The van der Waals surface area contributed by atoms with Gasteiger partial charge in [-0.2, -0.15) is 0 Å². The number of hydrogen-bond acceptors (Lipinski definition) is 2. The van der Waals surface area contributed by atoms with Crippen LogP contribution in [0.15, 0.2) is 18.2 Å². The summed E-state index contributed by atoms with van der Waals surface area (Å²) in [5.41, 5.74) is -1.05. The smallest absolute Gasteiger partial charge is 0.343 e. The molecule has 1 fully saturated rings. The summed E-state index contributed by atoms with van der Waals surface area (Å²) in [7, 11) is 0.